The zero-order chi connectivity index (χ0) is 20.6. The van der Waals surface area contributed by atoms with Crippen molar-refractivity contribution in [3.05, 3.63) is 60.2 Å². The molecule has 3 aliphatic rings. The van der Waals surface area contributed by atoms with Crippen LogP contribution in [0.15, 0.2) is 54.6 Å². The fraction of sp³-hybridized carbons (Fsp3) is 0.348. The molecule has 5 nitrogen and oxygen atoms in total. The zero-order valence-corrected chi connectivity index (χ0v) is 17.4. The zero-order valence-electron chi connectivity index (χ0n) is 16.5. The summed E-state index contributed by atoms with van der Waals surface area (Å²) in [5.41, 5.74) is 2.25. The third-order valence-electron chi connectivity index (χ3n) is 6.71. The summed E-state index contributed by atoms with van der Waals surface area (Å²) in [6, 6.07) is 20.1. The highest BCUT2D eigenvalue weighted by Gasteiger charge is 2.78. The quantitative estimate of drug-likeness (QED) is 0.765. The number of likely N-dealkylation sites (N-methyl/N-ethyl adjacent to an activating group) is 1. The average molecular weight is 404 g/mol. The lowest BCUT2D eigenvalue weighted by Gasteiger charge is -2.40. The lowest BCUT2D eigenvalue weighted by atomic mass is 9.79. The molecule has 6 heteroatoms. The van der Waals surface area contributed by atoms with Crippen molar-refractivity contribution in [2.24, 2.45) is 5.41 Å². The average Bonchev–Trinajstić information content (AvgIpc) is 3.21. The molecule has 3 saturated heterocycles. The van der Waals surface area contributed by atoms with Gasteiger partial charge in [0.05, 0.1) is 17.5 Å². The number of carbonyl (C=O) groups excluding carboxylic acids is 2. The number of rotatable bonds is 2. The molecule has 1 spiro atoms. The Hall–Kier alpha value is -2.78. The van der Waals surface area contributed by atoms with E-state index < -0.39 is 21.2 Å². The minimum absolute atomic E-state index is 0.0746. The van der Waals surface area contributed by atoms with Crippen molar-refractivity contribution in [1.82, 2.24) is 9.80 Å². The minimum Gasteiger partial charge on any atom is -0.320 e. The molecule has 0 aliphatic carbocycles. The molecular weight excluding hydrogens is 382 g/mol. The molecule has 0 saturated carbocycles. The van der Waals surface area contributed by atoms with Crippen molar-refractivity contribution in [3.63, 3.8) is 0 Å². The smallest absolute Gasteiger partial charge is 0.261 e. The van der Waals surface area contributed by atoms with Crippen molar-refractivity contribution >= 4 is 23.6 Å². The molecule has 2 bridgehead atoms. The maximum atomic E-state index is 13.4. The molecule has 2 aromatic carbocycles. The number of nitrogens with zero attached hydrogens (tertiary/aromatic N) is 3. The van der Waals surface area contributed by atoms with Crippen molar-refractivity contribution in [2.45, 2.75) is 36.1 Å². The van der Waals surface area contributed by atoms with Gasteiger partial charge in [0.1, 0.15) is 0 Å². The van der Waals surface area contributed by atoms with E-state index in [0.717, 1.165) is 16.7 Å². The number of nitriles is 1. The Labute approximate surface area is 174 Å². The largest absolute Gasteiger partial charge is 0.320 e. The predicted octanol–water partition coefficient (Wildman–Crippen LogP) is 3.79. The van der Waals surface area contributed by atoms with E-state index >= 15 is 0 Å². The van der Waals surface area contributed by atoms with E-state index in [0.29, 0.717) is 6.42 Å². The highest BCUT2D eigenvalue weighted by molar-refractivity contribution is 8.04. The standard InChI is InChI=1S/C23H21N3O2S/c1-21(14-24)13-23-20(28)25(3)22(2,29-23)19(27)26(23)18(21)17-11-9-16(10-12-17)15-7-5-4-6-8-15/h4-12,18H,13H2,1-3H3/t18-,21+,22?,23?/m0/s1. The van der Waals surface area contributed by atoms with Gasteiger partial charge in [-0.3, -0.25) is 9.59 Å². The van der Waals surface area contributed by atoms with Crippen molar-refractivity contribution < 1.29 is 9.59 Å². The van der Waals surface area contributed by atoms with Gasteiger partial charge in [-0.25, -0.2) is 0 Å². The third kappa shape index (κ3) is 2.11. The molecule has 2 aromatic rings. The van der Waals surface area contributed by atoms with Gasteiger partial charge in [-0.05, 0) is 30.5 Å². The van der Waals surface area contributed by atoms with E-state index in [9.17, 15) is 14.9 Å². The van der Waals surface area contributed by atoms with Crippen LogP contribution in [0.3, 0.4) is 0 Å². The maximum absolute atomic E-state index is 13.4. The minimum atomic E-state index is -0.978. The van der Waals surface area contributed by atoms with Crippen LogP contribution in [0.1, 0.15) is 31.9 Å². The summed E-state index contributed by atoms with van der Waals surface area (Å²) >= 11 is 1.39. The van der Waals surface area contributed by atoms with Gasteiger partial charge in [0.25, 0.3) is 11.8 Å². The predicted molar refractivity (Wildman–Crippen MR) is 111 cm³/mol. The SMILES string of the molecule is CN1C(=O)C23C[C@](C)(C#N)[C@H](c4ccc(-c5ccccc5)cc4)N2C(=O)C1(C)S3. The first-order chi connectivity index (χ1) is 13.8. The summed E-state index contributed by atoms with van der Waals surface area (Å²) in [5.74, 6) is -0.157. The summed E-state index contributed by atoms with van der Waals surface area (Å²) in [6.07, 6.45) is 0.344. The molecule has 4 atom stereocenters. The normalized spacial score (nSPS) is 35.2. The van der Waals surface area contributed by atoms with Gasteiger partial charge < -0.3 is 9.80 Å². The molecule has 5 rings (SSSR count). The molecule has 0 aromatic heterocycles. The van der Waals surface area contributed by atoms with Crippen molar-refractivity contribution in [3.8, 4) is 17.2 Å². The Morgan fingerprint density at radius 1 is 1.00 bits per heavy atom. The lowest BCUT2D eigenvalue weighted by Crippen LogP contribution is -2.60. The second-order valence-corrected chi connectivity index (χ2v) is 10.2. The topological polar surface area (TPSA) is 64.4 Å². The van der Waals surface area contributed by atoms with Crippen molar-refractivity contribution in [2.75, 3.05) is 7.05 Å². The number of thioether (sulfide) groups is 1. The summed E-state index contributed by atoms with van der Waals surface area (Å²) in [7, 11) is 1.69. The Kier molecular flexibility index (Phi) is 3.55. The maximum Gasteiger partial charge on any atom is 0.261 e. The van der Waals surface area contributed by atoms with Crippen LogP contribution in [0.5, 0.6) is 0 Å². The number of amides is 2. The van der Waals surface area contributed by atoms with Crippen LogP contribution in [-0.4, -0.2) is 38.4 Å². The molecule has 2 unspecified atom stereocenters. The van der Waals surface area contributed by atoms with Gasteiger partial charge in [0, 0.05) is 13.5 Å². The number of hydrogen-bond donors (Lipinski definition) is 0. The van der Waals surface area contributed by atoms with Gasteiger partial charge in [0.15, 0.2) is 9.74 Å². The van der Waals surface area contributed by atoms with Gasteiger partial charge in [-0.15, -0.1) is 0 Å². The molecular formula is C23H21N3O2S. The van der Waals surface area contributed by atoms with E-state index in [1.165, 1.54) is 11.8 Å². The monoisotopic (exact) mass is 403 g/mol. The second-order valence-electron chi connectivity index (χ2n) is 8.51. The van der Waals surface area contributed by atoms with Gasteiger partial charge in [0.2, 0.25) is 0 Å². The highest BCUT2D eigenvalue weighted by Crippen LogP contribution is 2.69. The molecule has 146 valence electrons. The summed E-state index contributed by atoms with van der Waals surface area (Å²) < 4.78 is 0. The van der Waals surface area contributed by atoms with E-state index in [1.807, 2.05) is 68.4 Å². The van der Waals surface area contributed by atoms with Crippen LogP contribution in [0.25, 0.3) is 11.1 Å². The molecule has 2 amide bonds. The summed E-state index contributed by atoms with van der Waals surface area (Å²) in [5, 5.41) is 10.0. The Morgan fingerprint density at radius 2 is 1.62 bits per heavy atom. The molecule has 0 radical (unpaired) electrons. The molecule has 3 aliphatic heterocycles. The molecule has 0 N–H and O–H groups in total. The number of benzene rings is 2. The first-order valence-corrected chi connectivity index (χ1v) is 10.5. The van der Waals surface area contributed by atoms with E-state index in [2.05, 4.69) is 6.07 Å². The van der Waals surface area contributed by atoms with E-state index in [-0.39, 0.29) is 11.8 Å². The van der Waals surface area contributed by atoms with Crippen LogP contribution in [0, 0.1) is 16.7 Å². The first-order valence-electron chi connectivity index (χ1n) is 9.66. The van der Waals surface area contributed by atoms with Gasteiger partial charge in [-0.1, -0.05) is 66.4 Å². The fourth-order valence-electron chi connectivity index (χ4n) is 5.13. The Balaban J connectivity index is 1.60. The molecule has 3 heterocycles. The molecule has 3 fully saturated rings. The van der Waals surface area contributed by atoms with Crippen LogP contribution < -0.4 is 0 Å². The number of fused-ring (bicyclic) bond motifs is 1. The second kappa shape index (κ2) is 5.64. The Morgan fingerprint density at radius 3 is 2.24 bits per heavy atom. The Bertz CT molecular complexity index is 1080. The molecule has 29 heavy (non-hydrogen) atoms. The van der Waals surface area contributed by atoms with Crippen LogP contribution in [-0.2, 0) is 9.59 Å². The van der Waals surface area contributed by atoms with Gasteiger partial charge >= 0.3 is 0 Å². The summed E-state index contributed by atoms with van der Waals surface area (Å²) in [6.45, 7) is 3.68. The number of carbonyl (C=O) groups is 2. The van der Waals surface area contributed by atoms with Crippen LogP contribution in [0.2, 0.25) is 0 Å². The summed E-state index contributed by atoms with van der Waals surface area (Å²) in [4.78, 5) is 27.9. The number of hydrogen-bond acceptors (Lipinski definition) is 4. The number of piperazine rings is 1. The van der Waals surface area contributed by atoms with E-state index in [4.69, 9.17) is 0 Å². The van der Waals surface area contributed by atoms with Crippen molar-refractivity contribution in [1.29, 1.82) is 5.26 Å². The lowest BCUT2D eigenvalue weighted by molar-refractivity contribution is -0.159. The highest BCUT2D eigenvalue weighted by atomic mass is 32.2. The third-order valence-corrected chi connectivity index (χ3v) is 8.41. The van der Waals surface area contributed by atoms with Gasteiger partial charge in [-0.2, -0.15) is 5.26 Å². The van der Waals surface area contributed by atoms with E-state index in [1.54, 1.807) is 16.8 Å². The fourth-order valence-corrected chi connectivity index (χ4v) is 7.08. The van der Waals surface area contributed by atoms with Crippen LogP contribution in [0.4, 0.5) is 0 Å². The van der Waals surface area contributed by atoms with Crippen LogP contribution >= 0.6 is 11.8 Å². The first kappa shape index (κ1) is 18.3.